The molecule has 1 amide bonds. The summed E-state index contributed by atoms with van der Waals surface area (Å²) in [5.74, 6) is -0.00348. The number of hydrogen-bond donors (Lipinski definition) is 1. The Morgan fingerprint density at radius 1 is 1.19 bits per heavy atom. The second kappa shape index (κ2) is 7.84. The summed E-state index contributed by atoms with van der Waals surface area (Å²) in [6, 6.07) is 6.78. The van der Waals surface area contributed by atoms with Gasteiger partial charge >= 0.3 is 5.97 Å². The molecule has 1 atom stereocenters. The van der Waals surface area contributed by atoms with Crippen LogP contribution in [0.5, 0.6) is 11.5 Å². The molecule has 0 radical (unpaired) electrons. The summed E-state index contributed by atoms with van der Waals surface area (Å²) >= 11 is 6.05. The highest BCUT2D eigenvalue weighted by Gasteiger charge is 2.23. The maximum absolute atomic E-state index is 12.4. The number of nitrogens with zero attached hydrogens (tertiary/aromatic N) is 1. The van der Waals surface area contributed by atoms with Gasteiger partial charge in [-0.1, -0.05) is 11.6 Å². The molecule has 1 aliphatic rings. The summed E-state index contributed by atoms with van der Waals surface area (Å²) < 4.78 is 16.2. The third-order valence-corrected chi connectivity index (χ3v) is 4.24. The Balaban J connectivity index is 1.66. The van der Waals surface area contributed by atoms with Gasteiger partial charge in [-0.25, -0.2) is 9.78 Å². The minimum atomic E-state index is -1.03. The summed E-state index contributed by atoms with van der Waals surface area (Å²) in [6.07, 6.45) is -1.03. The van der Waals surface area contributed by atoms with Crippen molar-refractivity contribution >= 4 is 29.2 Å². The van der Waals surface area contributed by atoms with Crippen molar-refractivity contribution in [2.24, 2.45) is 0 Å². The number of carbonyl (C=O) groups excluding carboxylic acids is 2. The molecule has 1 aromatic heterocycles. The topological polar surface area (TPSA) is 86.8 Å². The molecule has 2 heterocycles. The summed E-state index contributed by atoms with van der Waals surface area (Å²) in [6.45, 7) is 5.93. The van der Waals surface area contributed by atoms with Crippen molar-refractivity contribution in [3.63, 3.8) is 0 Å². The van der Waals surface area contributed by atoms with Crippen molar-refractivity contribution in [1.29, 1.82) is 0 Å². The fraction of sp³-hybridized carbons (Fsp3) is 0.316. The van der Waals surface area contributed by atoms with E-state index in [1.807, 2.05) is 0 Å². The molecule has 0 saturated carbocycles. The molecule has 2 aromatic rings. The van der Waals surface area contributed by atoms with Gasteiger partial charge in [-0.2, -0.15) is 0 Å². The van der Waals surface area contributed by atoms with Crippen LogP contribution in [0.3, 0.4) is 0 Å². The Hall–Kier alpha value is -2.80. The molecular formula is C19H19ClN2O5. The van der Waals surface area contributed by atoms with Crippen LogP contribution in [0, 0.1) is 13.8 Å². The van der Waals surface area contributed by atoms with Crippen molar-refractivity contribution < 1.29 is 23.8 Å². The van der Waals surface area contributed by atoms with Gasteiger partial charge in [0.05, 0.1) is 5.56 Å². The second-order valence-corrected chi connectivity index (χ2v) is 6.50. The monoisotopic (exact) mass is 390 g/mol. The molecule has 27 heavy (non-hydrogen) atoms. The molecule has 1 N–H and O–H groups in total. The quantitative estimate of drug-likeness (QED) is 0.636. The highest BCUT2D eigenvalue weighted by atomic mass is 35.5. The average molecular weight is 391 g/mol. The predicted molar refractivity (Wildman–Crippen MR) is 99.7 cm³/mol. The Morgan fingerprint density at radius 3 is 2.59 bits per heavy atom. The number of amides is 1. The smallest absolute Gasteiger partial charge is 0.342 e. The highest BCUT2D eigenvalue weighted by Crippen LogP contribution is 2.32. The first-order chi connectivity index (χ1) is 12.8. The number of aryl methyl sites for hydroxylation is 2. The SMILES string of the molecule is Cc1cc(C)c(C(=O)O[C@@H](C)C(=O)Nc2ccc3c(c2)OCCO3)c(Cl)n1. The normalized spacial score (nSPS) is 13.6. The van der Waals surface area contributed by atoms with E-state index in [0.717, 1.165) is 0 Å². The standard InChI is InChI=1S/C19H19ClN2O5/c1-10-8-11(2)21-17(20)16(10)19(24)27-12(3)18(23)22-13-4-5-14-15(9-13)26-7-6-25-14/h4-5,8-9,12H,6-7H2,1-3H3,(H,22,23)/t12-/m0/s1. The molecule has 1 aliphatic heterocycles. The number of halogens is 1. The Kier molecular flexibility index (Phi) is 5.51. The van der Waals surface area contributed by atoms with Gasteiger partial charge in [0.25, 0.3) is 5.91 Å². The summed E-state index contributed by atoms with van der Waals surface area (Å²) in [5.41, 5.74) is 2.00. The molecule has 0 spiro atoms. The number of carbonyl (C=O) groups is 2. The number of anilines is 1. The summed E-state index contributed by atoms with van der Waals surface area (Å²) in [7, 11) is 0. The first kappa shape index (κ1) is 19.0. The van der Waals surface area contributed by atoms with Gasteiger partial charge < -0.3 is 19.5 Å². The molecule has 0 aliphatic carbocycles. The van der Waals surface area contributed by atoms with E-state index in [2.05, 4.69) is 10.3 Å². The van der Waals surface area contributed by atoms with E-state index in [0.29, 0.717) is 41.7 Å². The largest absolute Gasteiger partial charge is 0.486 e. The van der Waals surface area contributed by atoms with E-state index in [1.54, 1.807) is 38.1 Å². The zero-order chi connectivity index (χ0) is 19.6. The zero-order valence-corrected chi connectivity index (χ0v) is 15.9. The van der Waals surface area contributed by atoms with Crippen LogP contribution >= 0.6 is 11.6 Å². The van der Waals surface area contributed by atoms with Crippen LogP contribution in [0.1, 0.15) is 28.5 Å². The fourth-order valence-electron chi connectivity index (χ4n) is 2.67. The number of ether oxygens (including phenoxy) is 3. The van der Waals surface area contributed by atoms with Crippen LogP contribution in [0.25, 0.3) is 0 Å². The van der Waals surface area contributed by atoms with E-state index >= 15 is 0 Å². The number of fused-ring (bicyclic) bond motifs is 1. The third-order valence-electron chi connectivity index (χ3n) is 3.97. The molecule has 1 aromatic carbocycles. The van der Waals surface area contributed by atoms with Gasteiger partial charge in [-0.3, -0.25) is 4.79 Å². The second-order valence-electron chi connectivity index (χ2n) is 6.14. The zero-order valence-electron chi connectivity index (χ0n) is 15.2. The van der Waals surface area contributed by atoms with E-state index in [-0.39, 0.29) is 10.7 Å². The molecule has 0 saturated heterocycles. The predicted octanol–water partition coefficient (Wildman–Crippen LogP) is 3.31. The molecule has 142 valence electrons. The summed E-state index contributed by atoms with van der Waals surface area (Å²) in [5, 5.41) is 2.74. The van der Waals surface area contributed by atoms with Gasteiger partial charge in [0.15, 0.2) is 17.6 Å². The number of rotatable bonds is 4. The number of benzene rings is 1. The minimum absolute atomic E-state index is 0.0527. The lowest BCUT2D eigenvalue weighted by Gasteiger charge is -2.19. The summed E-state index contributed by atoms with van der Waals surface area (Å²) in [4.78, 5) is 28.8. The first-order valence-electron chi connectivity index (χ1n) is 8.40. The molecule has 8 heteroatoms. The first-order valence-corrected chi connectivity index (χ1v) is 8.78. The van der Waals surface area contributed by atoms with E-state index < -0.39 is 18.0 Å². The molecule has 0 unspecified atom stereocenters. The number of esters is 1. The molecule has 3 rings (SSSR count). The number of hydrogen-bond acceptors (Lipinski definition) is 6. The van der Waals surface area contributed by atoms with Crippen LogP contribution in [0.4, 0.5) is 5.69 Å². The highest BCUT2D eigenvalue weighted by molar-refractivity contribution is 6.32. The lowest BCUT2D eigenvalue weighted by molar-refractivity contribution is -0.123. The Morgan fingerprint density at radius 2 is 1.89 bits per heavy atom. The van der Waals surface area contributed by atoms with Crippen molar-refractivity contribution in [2.75, 3.05) is 18.5 Å². The van der Waals surface area contributed by atoms with Gasteiger partial charge in [-0.15, -0.1) is 0 Å². The molecule has 0 bridgehead atoms. The van der Waals surface area contributed by atoms with Crippen molar-refractivity contribution in [3.8, 4) is 11.5 Å². The van der Waals surface area contributed by atoms with Crippen LogP contribution in [0.2, 0.25) is 5.15 Å². The van der Waals surface area contributed by atoms with E-state index in [1.165, 1.54) is 6.92 Å². The van der Waals surface area contributed by atoms with Crippen molar-refractivity contribution in [2.45, 2.75) is 26.9 Å². The molecule has 0 fully saturated rings. The van der Waals surface area contributed by atoms with Crippen molar-refractivity contribution in [3.05, 3.63) is 46.2 Å². The number of pyridine rings is 1. The Bertz CT molecular complexity index is 877. The van der Waals surface area contributed by atoms with E-state index in [9.17, 15) is 9.59 Å². The number of aromatic nitrogens is 1. The fourth-order valence-corrected chi connectivity index (χ4v) is 3.03. The van der Waals surface area contributed by atoms with Crippen LogP contribution in [0.15, 0.2) is 24.3 Å². The Labute approximate surface area is 161 Å². The van der Waals surface area contributed by atoms with Crippen LogP contribution in [-0.2, 0) is 9.53 Å². The average Bonchev–Trinajstić information content (AvgIpc) is 2.60. The van der Waals surface area contributed by atoms with Gasteiger partial charge in [0, 0.05) is 17.4 Å². The maximum atomic E-state index is 12.4. The lowest BCUT2D eigenvalue weighted by Crippen LogP contribution is -2.30. The van der Waals surface area contributed by atoms with Gasteiger partial charge in [-0.05, 0) is 44.5 Å². The molecule has 7 nitrogen and oxygen atoms in total. The molecular weight excluding hydrogens is 372 g/mol. The lowest BCUT2D eigenvalue weighted by atomic mass is 10.1. The number of nitrogens with one attached hydrogen (secondary N) is 1. The van der Waals surface area contributed by atoms with E-state index in [4.69, 9.17) is 25.8 Å². The van der Waals surface area contributed by atoms with Crippen LogP contribution < -0.4 is 14.8 Å². The minimum Gasteiger partial charge on any atom is -0.486 e. The third kappa shape index (κ3) is 4.31. The maximum Gasteiger partial charge on any atom is 0.342 e. The van der Waals surface area contributed by atoms with Gasteiger partial charge in [0.2, 0.25) is 0 Å². The van der Waals surface area contributed by atoms with Crippen molar-refractivity contribution in [1.82, 2.24) is 4.98 Å². The van der Waals surface area contributed by atoms with Gasteiger partial charge in [0.1, 0.15) is 18.4 Å². The van der Waals surface area contributed by atoms with Crippen LogP contribution in [-0.4, -0.2) is 36.2 Å².